The van der Waals surface area contributed by atoms with Gasteiger partial charge in [0.25, 0.3) is 0 Å². The van der Waals surface area contributed by atoms with E-state index < -0.39 is 0 Å². The highest BCUT2D eigenvalue weighted by Crippen LogP contribution is 2.21. The average Bonchev–Trinajstić information content (AvgIpc) is 3.06. The molecule has 0 spiro atoms. The number of rotatable bonds is 5. The van der Waals surface area contributed by atoms with Gasteiger partial charge in [-0.1, -0.05) is 18.2 Å². The third kappa shape index (κ3) is 3.26. The third-order valence-electron chi connectivity index (χ3n) is 4.41. The van der Waals surface area contributed by atoms with E-state index in [0.717, 1.165) is 36.0 Å². The largest absolute Gasteiger partial charge is 0.345 e. The molecule has 0 fully saturated rings. The van der Waals surface area contributed by atoms with Crippen LogP contribution in [-0.4, -0.2) is 31.7 Å². The van der Waals surface area contributed by atoms with Crippen molar-refractivity contribution in [1.29, 1.82) is 0 Å². The Morgan fingerprint density at radius 3 is 2.50 bits per heavy atom. The van der Waals surface area contributed by atoms with Gasteiger partial charge in [0.15, 0.2) is 0 Å². The van der Waals surface area contributed by atoms with Crippen molar-refractivity contribution in [1.82, 2.24) is 24.6 Å². The molecule has 3 rings (SSSR count). The number of nitrogens with zero attached hydrogens (tertiary/aromatic N) is 4. The Morgan fingerprint density at radius 2 is 1.83 bits per heavy atom. The van der Waals surface area contributed by atoms with E-state index >= 15 is 0 Å². The van der Waals surface area contributed by atoms with Gasteiger partial charge in [0.05, 0.1) is 11.4 Å². The predicted molar refractivity (Wildman–Crippen MR) is 96.3 cm³/mol. The van der Waals surface area contributed by atoms with Gasteiger partial charge in [-0.05, 0) is 46.4 Å². The minimum absolute atomic E-state index is 0.843. The maximum atomic E-state index is 4.78. The van der Waals surface area contributed by atoms with Gasteiger partial charge in [-0.25, -0.2) is 9.67 Å². The first kappa shape index (κ1) is 16.5. The van der Waals surface area contributed by atoms with E-state index in [-0.39, 0.29) is 0 Å². The van der Waals surface area contributed by atoms with Crippen LogP contribution in [0.3, 0.4) is 0 Å². The molecule has 0 saturated carbocycles. The molecule has 24 heavy (non-hydrogen) atoms. The number of hydrogen-bond acceptors (Lipinski definition) is 3. The van der Waals surface area contributed by atoms with E-state index in [1.54, 1.807) is 0 Å². The van der Waals surface area contributed by atoms with E-state index in [2.05, 4.69) is 71.6 Å². The van der Waals surface area contributed by atoms with E-state index in [4.69, 9.17) is 5.10 Å². The standard InChI is InChI=1S/C19H25N5/c1-13-8-6-7-9-19(13)24-15(3)18(14(2)22-24)12-23(5)11-17-10-20-16(4)21-17/h6-10H,11-12H2,1-5H3,(H,20,21). The average molecular weight is 323 g/mol. The summed E-state index contributed by atoms with van der Waals surface area (Å²) >= 11 is 0. The number of nitrogens with one attached hydrogen (secondary N) is 1. The molecule has 0 radical (unpaired) electrons. The molecule has 2 aromatic heterocycles. The van der Waals surface area contributed by atoms with Crippen molar-refractivity contribution in [2.45, 2.75) is 40.8 Å². The lowest BCUT2D eigenvalue weighted by molar-refractivity contribution is 0.314. The fourth-order valence-electron chi connectivity index (χ4n) is 3.11. The molecule has 0 atom stereocenters. The molecule has 3 aromatic rings. The number of hydrogen-bond donors (Lipinski definition) is 1. The van der Waals surface area contributed by atoms with Crippen LogP contribution in [0.4, 0.5) is 0 Å². The SMILES string of the molecule is Cc1ncc(CN(C)Cc2c(C)nn(-c3ccccc3C)c2C)[nH]1. The van der Waals surface area contributed by atoms with Gasteiger partial charge in [0.2, 0.25) is 0 Å². The van der Waals surface area contributed by atoms with Crippen LogP contribution in [0.2, 0.25) is 0 Å². The highest BCUT2D eigenvalue weighted by Gasteiger charge is 2.15. The number of benzene rings is 1. The Hall–Kier alpha value is -2.40. The quantitative estimate of drug-likeness (QED) is 0.782. The lowest BCUT2D eigenvalue weighted by atomic mass is 10.1. The number of aromatic nitrogens is 4. The van der Waals surface area contributed by atoms with E-state index in [0.29, 0.717) is 0 Å². The molecular formula is C19H25N5. The van der Waals surface area contributed by atoms with Crippen LogP contribution in [0.25, 0.3) is 5.69 Å². The summed E-state index contributed by atoms with van der Waals surface area (Å²) in [6, 6.07) is 8.37. The Bertz CT molecular complexity index is 843. The van der Waals surface area contributed by atoms with Gasteiger partial charge in [-0.3, -0.25) is 4.90 Å². The monoisotopic (exact) mass is 323 g/mol. The van der Waals surface area contributed by atoms with Crippen LogP contribution in [0.1, 0.15) is 34.0 Å². The van der Waals surface area contributed by atoms with Gasteiger partial charge >= 0.3 is 0 Å². The molecule has 1 aromatic carbocycles. The van der Waals surface area contributed by atoms with Crippen molar-refractivity contribution in [3.05, 3.63) is 64.5 Å². The Balaban J connectivity index is 1.83. The summed E-state index contributed by atoms with van der Waals surface area (Å²) in [5, 5.41) is 4.78. The van der Waals surface area contributed by atoms with Gasteiger partial charge < -0.3 is 4.98 Å². The zero-order chi connectivity index (χ0) is 17.3. The zero-order valence-electron chi connectivity index (χ0n) is 15.1. The lowest BCUT2D eigenvalue weighted by Crippen LogP contribution is -2.18. The van der Waals surface area contributed by atoms with Crippen LogP contribution in [0, 0.1) is 27.7 Å². The highest BCUT2D eigenvalue weighted by atomic mass is 15.3. The number of imidazole rings is 1. The molecule has 0 bridgehead atoms. The summed E-state index contributed by atoms with van der Waals surface area (Å²) in [6.07, 6.45) is 1.91. The molecule has 126 valence electrons. The smallest absolute Gasteiger partial charge is 0.103 e. The molecule has 0 amide bonds. The molecule has 5 nitrogen and oxygen atoms in total. The summed E-state index contributed by atoms with van der Waals surface area (Å²) in [6.45, 7) is 10.0. The van der Waals surface area contributed by atoms with Crippen LogP contribution < -0.4 is 0 Å². The van der Waals surface area contributed by atoms with Crippen molar-refractivity contribution < 1.29 is 0 Å². The molecule has 0 aliphatic heterocycles. The second-order valence-electron chi connectivity index (χ2n) is 6.51. The number of aryl methyl sites for hydroxylation is 3. The van der Waals surface area contributed by atoms with Crippen molar-refractivity contribution >= 4 is 0 Å². The Morgan fingerprint density at radius 1 is 1.08 bits per heavy atom. The minimum Gasteiger partial charge on any atom is -0.345 e. The molecule has 0 unspecified atom stereocenters. The van der Waals surface area contributed by atoms with Crippen LogP contribution >= 0.6 is 0 Å². The summed E-state index contributed by atoms with van der Waals surface area (Å²) in [7, 11) is 2.13. The Labute approximate surface area is 143 Å². The van der Waals surface area contributed by atoms with Crippen molar-refractivity contribution in [2.75, 3.05) is 7.05 Å². The molecule has 1 N–H and O–H groups in total. The summed E-state index contributed by atoms with van der Waals surface area (Å²) in [4.78, 5) is 9.84. The van der Waals surface area contributed by atoms with Gasteiger partial charge in [-0.2, -0.15) is 5.10 Å². The van der Waals surface area contributed by atoms with Gasteiger partial charge in [-0.15, -0.1) is 0 Å². The fourth-order valence-corrected chi connectivity index (χ4v) is 3.11. The van der Waals surface area contributed by atoms with Crippen molar-refractivity contribution in [2.24, 2.45) is 0 Å². The number of para-hydroxylation sites is 1. The lowest BCUT2D eigenvalue weighted by Gasteiger charge is -2.16. The summed E-state index contributed by atoms with van der Waals surface area (Å²) in [5.41, 5.74) is 7.10. The van der Waals surface area contributed by atoms with Crippen LogP contribution in [0.5, 0.6) is 0 Å². The molecule has 2 heterocycles. The number of aromatic amines is 1. The van der Waals surface area contributed by atoms with E-state index in [9.17, 15) is 0 Å². The van der Waals surface area contributed by atoms with E-state index in [1.165, 1.54) is 16.8 Å². The maximum absolute atomic E-state index is 4.78. The van der Waals surface area contributed by atoms with Gasteiger partial charge in [0, 0.05) is 36.2 Å². The first-order chi connectivity index (χ1) is 11.5. The topological polar surface area (TPSA) is 49.7 Å². The molecular weight excluding hydrogens is 298 g/mol. The molecule has 0 saturated heterocycles. The van der Waals surface area contributed by atoms with Crippen molar-refractivity contribution in [3.63, 3.8) is 0 Å². The first-order valence-electron chi connectivity index (χ1n) is 8.26. The first-order valence-corrected chi connectivity index (χ1v) is 8.26. The second-order valence-corrected chi connectivity index (χ2v) is 6.51. The molecule has 5 heteroatoms. The Kier molecular flexibility index (Phi) is 4.53. The third-order valence-corrected chi connectivity index (χ3v) is 4.41. The van der Waals surface area contributed by atoms with Gasteiger partial charge in [0.1, 0.15) is 5.82 Å². The maximum Gasteiger partial charge on any atom is 0.103 e. The second kappa shape index (κ2) is 6.61. The molecule has 0 aliphatic carbocycles. The summed E-state index contributed by atoms with van der Waals surface area (Å²) < 4.78 is 2.06. The highest BCUT2D eigenvalue weighted by molar-refractivity contribution is 5.42. The minimum atomic E-state index is 0.843. The fraction of sp³-hybridized carbons (Fsp3) is 0.368. The predicted octanol–water partition coefficient (Wildman–Crippen LogP) is 3.46. The number of H-pyrrole nitrogens is 1. The van der Waals surface area contributed by atoms with E-state index in [1.807, 2.05) is 13.1 Å². The zero-order valence-corrected chi connectivity index (χ0v) is 15.1. The molecule has 0 aliphatic rings. The van der Waals surface area contributed by atoms with Crippen molar-refractivity contribution in [3.8, 4) is 5.69 Å². The summed E-state index contributed by atoms with van der Waals surface area (Å²) in [5.74, 6) is 0.957. The van der Waals surface area contributed by atoms with Crippen LogP contribution in [0.15, 0.2) is 30.5 Å². The van der Waals surface area contributed by atoms with Crippen LogP contribution in [-0.2, 0) is 13.1 Å². The normalized spacial score (nSPS) is 11.4.